The minimum absolute atomic E-state index is 0.00852. The molecule has 21 heavy (non-hydrogen) atoms. The predicted molar refractivity (Wildman–Crippen MR) is 77.1 cm³/mol. The van der Waals surface area contributed by atoms with Crippen LogP contribution in [0.1, 0.15) is 31.9 Å². The van der Waals surface area contributed by atoms with Gasteiger partial charge in [0.2, 0.25) is 5.91 Å². The van der Waals surface area contributed by atoms with Crippen LogP contribution in [0.25, 0.3) is 0 Å². The van der Waals surface area contributed by atoms with Crippen LogP contribution >= 0.6 is 0 Å². The Kier molecular flexibility index (Phi) is 4.63. The standard InChI is InChI=1S/C14H19FN2O3S/c1-3-16-14(18)9(2)17-12-6-7-21(19,20)13-5-4-10(15)8-11(12)13/h4-5,8-9,12,17H,3,6-7H2,1-2H3,(H,16,18). The van der Waals surface area contributed by atoms with E-state index < -0.39 is 21.7 Å². The molecular weight excluding hydrogens is 295 g/mol. The Labute approximate surface area is 123 Å². The molecule has 7 heteroatoms. The van der Waals surface area contributed by atoms with Crippen molar-refractivity contribution in [3.05, 3.63) is 29.6 Å². The van der Waals surface area contributed by atoms with Gasteiger partial charge in [-0.05, 0) is 44.0 Å². The summed E-state index contributed by atoms with van der Waals surface area (Å²) in [6, 6.07) is 2.84. The number of amides is 1. The lowest BCUT2D eigenvalue weighted by Gasteiger charge is -2.28. The van der Waals surface area contributed by atoms with E-state index in [9.17, 15) is 17.6 Å². The van der Waals surface area contributed by atoms with E-state index in [-0.39, 0.29) is 22.6 Å². The Morgan fingerprint density at radius 3 is 2.86 bits per heavy atom. The van der Waals surface area contributed by atoms with Gasteiger partial charge in [-0.15, -0.1) is 0 Å². The molecule has 0 aliphatic carbocycles. The van der Waals surface area contributed by atoms with Gasteiger partial charge in [-0.1, -0.05) is 0 Å². The number of fused-ring (bicyclic) bond motifs is 1. The Bertz CT molecular complexity index is 646. The predicted octanol–water partition coefficient (Wildman–Crippen LogP) is 1.16. The molecule has 0 saturated carbocycles. The van der Waals surface area contributed by atoms with Crippen molar-refractivity contribution in [3.8, 4) is 0 Å². The van der Waals surface area contributed by atoms with Crippen molar-refractivity contribution < 1.29 is 17.6 Å². The topological polar surface area (TPSA) is 75.3 Å². The van der Waals surface area contributed by atoms with Gasteiger partial charge in [-0.2, -0.15) is 0 Å². The zero-order valence-electron chi connectivity index (χ0n) is 12.0. The second-order valence-corrected chi connectivity index (χ2v) is 7.20. The molecule has 5 nitrogen and oxygen atoms in total. The first-order chi connectivity index (χ1) is 9.85. The number of carbonyl (C=O) groups is 1. The monoisotopic (exact) mass is 314 g/mol. The van der Waals surface area contributed by atoms with Crippen LogP contribution in [0.3, 0.4) is 0 Å². The molecule has 2 atom stereocenters. The lowest BCUT2D eigenvalue weighted by atomic mass is 10.0. The average Bonchev–Trinajstić information content (AvgIpc) is 2.42. The summed E-state index contributed by atoms with van der Waals surface area (Å²) < 4.78 is 37.5. The van der Waals surface area contributed by atoms with E-state index in [4.69, 9.17) is 0 Å². The lowest BCUT2D eigenvalue weighted by Crippen LogP contribution is -2.45. The fraction of sp³-hybridized carbons (Fsp3) is 0.500. The molecule has 0 fully saturated rings. The number of carbonyl (C=O) groups excluding carboxylic acids is 1. The average molecular weight is 314 g/mol. The van der Waals surface area contributed by atoms with Crippen LogP contribution in [0, 0.1) is 5.82 Å². The first kappa shape index (κ1) is 15.9. The van der Waals surface area contributed by atoms with Gasteiger partial charge >= 0.3 is 0 Å². The third kappa shape index (κ3) is 3.41. The van der Waals surface area contributed by atoms with Gasteiger partial charge in [0, 0.05) is 12.6 Å². The molecule has 0 saturated heterocycles. The minimum atomic E-state index is -3.37. The molecule has 1 aromatic carbocycles. The van der Waals surface area contributed by atoms with Crippen LogP contribution in [0.4, 0.5) is 4.39 Å². The Morgan fingerprint density at radius 2 is 2.19 bits per heavy atom. The molecule has 0 aromatic heterocycles. The molecule has 1 aliphatic heterocycles. The van der Waals surface area contributed by atoms with E-state index in [1.54, 1.807) is 6.92 Å². The van der Waals surface area contributed by atoms with Gasteiger partial charge in [-0.25, -0.2) is 12.8 Å². The Hall–Kier alpha value is -1.47. The van der Waals surface area contributed by atoms with E-state index in [1.807, 2.05) is 6.92 Å². The second-order valence-electron chi connectivity index (χ2n) is 5.13. The highest BCUT2D eigenvalue weighted by Crippen LogP contribution is 2.32. The van der Waals surface area contributed by atoms with Crippen LogP contribution in [0.15, 0.2) is 23.1 Å². The molecule has 2 N–H and O–H groups in total. The highest BCUT2D eigenvalue weighted by atomic mass is 32.2. The number of sulfone groups is 1. The summed E-state index contributed by atoms with van der Waals surface area (Å²) in [5, 5.41) is 5.77. The van der Waals surface area contributed by atoms with Crippen molar-refractivity contribution in [2.75, 3.05) is 12.3 Å². The van der Waals surface area contributed by atoms with E-state index in [0.717, 1.165) is 6.07 Å². The number of likely N-dealkylation sites (N-methyl/N-ethyl adjacent to an activating group) is 1. The number of rotatable bonds is 4. The number of halogens is 1. The van der Waals surface area contributed by atoms with Crippen LogP contribution in [-0.4, -0.2) is 32.7 Å². The summed E-state index contributed by atoms with van der Waals surface area (Å²) in [4.78, 5) is 11.9. The van der Waals surface area contributed by atoms with Crippen LogP contribution in [0.2, 0.25) is 0 Å². The van der Waals surface area contributed by atoms with Gasteiger partial charge < -0.3 is 5.32 Å². The molecule has 1 aliphatic rings. The van der Waals surface area contributed by atoms with Crippen molar-refractivity contribution in [1.29, 1.82) is 0 Å². The summed E-state index contributed by atoms with van der Waals surface area (Å²) in [6.45, 7) is 4.05. The molecule has 1 amide bonds. The third-order valence-corrected chi connectivity index (χ3v) is 5.37. The van der Waals surface area contributed by atoms with E-state index in [0.29, 0.717) is 18.5 Å². The molecule has 0 spiro atoms. The van der Waals surface area contributed by atoms with Crippen molar-refractivity contribution >= 4 is 15.7 Å². The molecule has 0 radical (unpaired) electrons. The molecule has 0 bridgehead atoms. The van der Waals surface area contributed by atoms with Gasteiger partial charge in [0.05, 0.1) is 16.7 Å². The Morgan fingerprint density at radius 1 is 1.48 bits per heavy atom. The molecule has 1 heterocycles. The van der Waals surface area contributed by atoms with Gasteiger partial charge in [0.15, 0.2) is 9.84 Å². The SMILES string of the molecule is CCNC(=O)C(C)NC1CCS(=O)(=O)c2ccc(F)cc21. The van der Waals surface area contributed by atoms with Crippen molar-refractivity contribution in [2.24, 2.45) is 0 Å². The molecule has 116 valence electrons. The second kappa shape index (κ2) is 6.11. The number of benzene rings is 1. The van der Waals surface area contributed by atoms with Crippen LogP contribution < -0.4 is 10.6 Å². The van der Waals surface area contributed by atoms with Crippen molar-refractivity contribution in [1.82, 2.24) is 10.6 Å². The fourth-order valence-electron chi connectivity index (χ4n) is 2.49. The summed E-state index contributed by atoms with van der Waals surface area (Å²) in [6.07, 6.45) is 0.322. The van der Waals surface area contributed by atoms with E-state index >= 15 is 0 Å². The fourth-order valence-corrected chi connectivity index (χ4v) is 4.09. The molecule has 2 rings (SSSR count). The largest absolute Gasteiger partial charge is 0.355 e. The highest BCUT2D eigenvalue weighted by Gasteiger charge is 2.32. The van der Waals surface area contributed by atoms with E-state index in [1.165, 1.54) is 12.1 Å². The van der Waals surface area contributed by atoms with Gasteiger partial charge in [0.1, 0.15) is 5.82 Å². The van der Waals surface area contributed by atoms with E-state index in [2.05, 4.69) is 10.6 Å². The normalized spacial score (nSPS) is 21.4. The van der Waals surface area contributed by atoms with Crippen molar-refractivity contribution in [3.63, 3.8) is 0 Å². The number of hydrogen-bond donors (Lipinski definition) is 2. The highest BCUT2D eigenvalue weighted by molar-refractivity contribution is 7.91. The molecular formula is C14H19FN2O3S. The first-order valence-corrected chi connectivity index (χ1v) is 8.56. The molecule has 1 aromatic rings. The van der Waals surface area contributed by atoms with Gasteiger partial charge in [0.25, 0.3) is 0 Å². The third-order valence-electron chi connectivity index (χ3n) is 3.55. The lowest BCUT2D eigenvalue weighted by molar-refractivity contribution is -0.122. The first-order valence-electron chi connectivity index (χ1n) is 6.91. The maximum absolute atomic E-state index is 13.4. The maximum atomic E-state index is 13.4. The Balaban J connectivity index is 2.28. The zero-order valence-corrected chi connectivity index (χ0v) is 12.8. The number of nitrogens with one attached hydrogen (secondary N) is 2. The summed E-state index contributed by atoms with van der Waals surface area (Å²) in [5.74, 6) is -0.655. The van der Waals surface area contributed by atoms with Crippen LogP contribution in [0.5, 0.6) is 0 Å². The van der Waals surface area contributed by atoms with Gasteiger partial charge in [-0.3, -0.25) is 10.1 Å². The molecule has 2 unspecified atom stereocenters. The summed E-state index contributed by atoms with van der Waals surface area (Å²) >= 11 is 0. The quantitative estimate of drug-likeness (QED) is 0.818. The van der Waals surface area contributed by atoms with Crippen LogP contribution in [-0.2, 0) is 14.6 Å². The summed E-state index contributed by atoms with van der Waals surface area (Å²) in [5.41, 5.74) is 0.400. The summed E-state index contributed by atoms with van der Waals surface area (Å²) in [7, 11) is -3.37. The minimum Gasteiger partial charge on any atom is -0.355 e. The number of hydrogen-bond acceptors (Lipinski definition) is 4. The zero-order chi connectivity index (χ0) is 15.6. The smallest absolute Gasteiger partial charge is 0.236 e. The van der Waals surface area contributed by atoms with Crippen molar-refractivity contribution in [2.45, 2.75) is 37.2 Å². The maximum Gasteiger partial charge on any atom is 0.236 e.